The summed E-state index contributed by atoms with van der Waals surface area (Å²) in [5, 5.41) is 1.17. The summed E-state index contributed by atoms with van der Waals surface area (Å²) in [4.78, 5) is 0. The zero-order chi connectivity index (χ0) is 14.8. The summed E-state index contributed by atoms with van der Waals surface area (Å²) in [5.74, 6) is 1.77. The lowest BCUT2D eigenvalue weighted by atomic mass is 10.0. The average molecular weight is 278 g/mol. The highest BCUT2D eigenvalue weighted by atomic mass is 16.5. The Labute approximate surface area is 124 Å². The third kappa shape index (κ3) is 2.45. The van der Waals surface area contributed by atoms with E-state index in [-0.39, 0.29) is 0 Å². The molecule has 2 heteroatoms. The second-order valence-electron chi connectivity index (χ2n) is 5.11. The zero-order valence-electron chi connectivity index (χ0n) is 12.3. The van der Waals surface area contributed by atoms with Crippen molar-refractivity contribution in [3.8, 4) is 17.1 Å². The topological polar surface area (TPSA) is 22.4 Å². The van der Waals surface area contributed by atoms with Crippen molar-refractivity contribution in [2.45, 2.75) is 13.3 Å². The Hall–Kier alpha value is -2.48. The number of methoxy groups -OCH3 is 1. The first-order valence-electron chi connectivity index (χ1n) is 7.00. The predicted octanol–water partition coefficient (Wildman–Crippen LogP) is 5.15. The highest BCUT2D eigenvalue weighted by Gasteiger charge is 2.12. The Kier molecular flexibility index (Phi) is 3.53. The van der Waals surface area contributed by atoms with Gasteiger partial charge >= 0.3 is 0 Å². The number of aryl methyl sites for hydroxylation is 1. The molecule has 0 atom stereocenters. The summed E-state index contributed by atoms with van der Waals surface area (Å²) in [6.45, 7) is 5.89. The largest absolute Gasteiger partial charge is 0.497 e. The van der Waals surface area contributed by atoms with Gasteiger partial charge in [-0.25, -0.2) is 0 Å². The van der Waals surface area contributed by atoms with E-state index in [0.717, 1.165) is 29.1 Å². The first-order chi connectivity index (χ1) is 10.2. The van der Waals surface area contributed by atoms with Gasteiger partial charge < -0.3 is 9.15 Å². The lowest BCUT2D eigenvalue weighted by Gasteiger charge is -2.01. The van der Waals surface area contributed by atoms with E-state index in [1.165, 1.54) is 16.5 Å². The summed E-state index contributed by atoms with van der Waals surface area (Å²) in [7, 11) is 1.67. The first-order valence-corrected chi connectivity index (χ1v) is 7.00. The molecule has 2 aromatic carbocycles. The fraction of sp³-hybridized carbons (Fsp3) is 0.158. The van der Waals surface area contributed by atoms with Gasteiger partial charge in [-0.05, 0) is 55.3 Å². The second-order valence-corrected chi connectivity index (χ2v) is 5.11. The van der Waals surface area contributed by atoms with E-state index in [9.17, 15) is 0 Å². The third-order valence-corrected chi connectivity index (χ3v) is 3.73. The normalized spacial score (nSPS) is 10.8. The number of benzene rings is 2. The van der Waals surface area contributed by atoms with Crippen LogP contribution in [-0.4, -0.2) is 7.11 Å². The highest BCUT2D eigenvalue weighted by Crippen LogP contribution is 2.34. The highest BCUT2D eigenvalue weighted by molar-refractivity contribution is 5.88. The summed E-state index contributed by atoms with van der Waals surface area (Å²) in [5.41, 5.74) is 4.41. The minimum absolute atomic E-state index is 0.848. The monoisotopic (exact) mass is 278 g/mol. The molecule has 1 aromatic heterocycles. The molecule has 0 N–H and O–H groups in total. The van der Waals surface area contributed by atoms with Gasteiger partial charge in [0, 0.05) is 16.5 Å². The Morgan fingerprint density at radius 3 is 2.57 bits per heavy atom. The van der Waals surface area contributed by atoms with Crippen LogP contribution in [0.2, 0.25) is 0 Å². The Morgan fingerprint density at radius 2 is 1.90 bits per heavy atom. The predicted molar refractivity (Wildman–Crippen MR) is 86.8 cm³/mol. The van der Waals surface area contributed by atoms with Crippen LogP contribution in [0.4, 0.5) is 0 Å². The van der Waals surface area contributed by atoms with Crippen LogP contribution in [0.3, 0.4) is 0 Å². The van der Waals surface area contributed by atoms with Crippen molar-refractivity contribution in [3.63, 3.8) is 0 Å². The maximum atomic E-state index is 6.02. The molecule has 3 rings (SSSR count). The number of furan rings is 1. The van der Waals surface area contributed by atoms with Crippen LogP contribution in [0, 0.1) is 6.92 Å². The van der Waals surface area contributed by atoms with Gasteiger partial charge in [0.1, 0.15) is 17.1 Å². The van der Waals surface area contributed by atoms with Crippen LogP contribution in [0.25, 0.3) is 22.3 Å². The zero-order valence-corrected chi connectivity index (χ0v) is 12.3. The van der Waals surface area contributed by atoms with Gasteiger partial charge in [-0.2, -0.15) is 0 Å². The molecular formula is C19H18O2. The Balaban J connectivity index is 2.09. The van der Waals surface area contributed by atoms with Crippen molar-refractivity contribution in [2.24, 2.45) is 0 Å². The summed E-state index contributed by atoms with van der Waals surface area (Å²) in [6.07, 6.45) is 2.79. The molecule has 2 nitrogen and oxygen atoms in total. The quantitative estimate of drug-likeness (QED) is 0.616. The summed E-state index contributed by atoms with van der Waals surface area (Å²) in [6, 6.07) is 14.3. The van der Waals surface area contributed by atoms with Gasteiger partial charge in [0.05, 0.1) is 7.11 Å². The first kappa shape index (κ1) is 13.5. The average Bonchev–Trinajstić information content (AvgIpc) is 2.85. The molecule has 0 saturated carbocycles. The molecule has 0 bridgehead atoms. The van der Waals surface area contributed by atoms with Gasteiger partial charge in [0.25, 0.3) is 0 Å². The van der Waals surface area contributed by atoms with Crippen molar-refractivity contribution < 1.29 is 9.15 Å². The molecule has 3 aromatic rings. The molecule has 1 heterocycles. The Morgan fingerprint density at radius 1 is 1.14 bits per heavy atom. The maximum Gasteiger partial charge on any atom is 0.138 e. The number of hydrogen-bond acceptors (Lipinski definition) is 2. The minimum Gasteiger partial charge on any atom is -0.497 e. The van der Waals surface area contributed by atoms with Gasteiger partial charge in [-0.15, -0.1) is 6.58 Å². The van der Waals surface area contributed by atoms with Crippen molar-refractivity contribution in [3.05, 3.63) is 66.2 Å². The van der Waals surface area contributed by atoms with E-state index in [1.807, 2.05) is 36.4 Å². The molecule has 0 aliphatic heterocycles. The molecule has 0 amide bonds. The second kappa shape index (κ2) is 5.49. The number of fused-ring (bicyclic) bond motifs is 1. The minimum atomic E-state index is 0.848. The molecule has 21 heavy (non-hydrogen) atoms. The van der Waals surface area contributed by atoms with Crippen molar-refractivity contribution in [2.75, 3.05) is 7.11 Å². The van der Waals surface area contributed by atoms with Crippen LogP contribution in [0.1, 0.15) is 11.1 Å². The SMILES string of the molecule is C=CCc1ccc2oc(-c3ccc(OC)cc3)c(C)c2c1. The Bertz CT molecular complexity index is 779. The van der Waals surface area contributed by atoms with Crippen LogP contribution >= 0.6 is 0 Å². The molecule has 0 aliphatic carbocycles. The van der Waals surface area contributed by atoms with E-state index in [4.69, 9.17) is 9.15 Å². The molecule has 0 radical (unpaired) electrons. The third-order valence-electron chi connectivity index (χ3n) is 3.73. The van der Waals surface area contributed by atoms with Gasteiger partial charge in [-0.3, -0.25) is 0 Å². The van der Waals surface area contributed by atoms with E-state index in [1.54, 1.807) is 7.11 Å². The van der Waals surface area contributed by atoms with E-state index in [0.29, 0.717) is 0 Å². The summed E-state index contributed by atoms with van der Waals surface area (Å²) < 4.78 is 11.2. The van der Waals surface area contributed by atoms with Crippen molar-refractivity contribution in [1.82, 2.24) is 0 Å². The smallest absolute Gasteiger partial charge is 0.138 e. The maximum absolute atomic E-state index is 6.02. The standard InChI is InChI=1S/C19H18O2/c1-4-5-14-6-11-18-17(12-14)13(2)19(21-18)15-7-9-16(20-3)10-8-15/h4,6-12H,1,5H2,2-3H3. The van der Waals surface area contributed by atoms with Gasteiger partial charge in [-0.1, -0.05) is 12.1 Å². The number of rotatable bonds is 4. The lowest BCUT2D eigenvalue weighted by Crippen LogP contribution is -1.83. The van der Waals surface area contributed by atoms with Crippen molar-refractivity contribution >= 4 is 11.0 Å². The lowest BCUT2D eigenvalue weighted by molar-refractivity contribution is 0.415. The van der Waals surface area contributed by atoms with Gasteiger partial charge in [0.15, 0.2) is 0 Å². The van der Waals surface area contributed by atoms with Crippen molar-refractivity contribution in [1.29, 1.82) is 0 Å². The molecule has 0 saturated heterocycles. The molecule has 0 fully saturated rings. The van der Waals surface area contributed by atoms with Crippen LogP contribution in [0.15, 0.2) is 59.5 Å². The number of hydrogen-bond donors (Lipinski definition) is 0. The van der Waals surface area contributed by atoms with E-state index in [2.05, 4.69) is 25.6 Å². The van der Waals surface area contributed by atoms with E-state index < -0.39 is 0 Å². The number of allylic oxidation sites excluding steroid dienone is 1. The van der Waals surface area contributed by atoms with Crippen LogP contribution in [0.5, 0.6) is 5.75 Å². The van der Waals surface area contributed by atoms with E-state index >= 15 is 0 Å². The molecule has 106 valence electrons. The molecule has 0 spiro atoms. The fourth-order valence-electron chi connectivity index (χ4n) is 2.58. The van der Waals surface area contributed by atoms with Crippen LogP contribution < -0.4 is 4.74 Å². The van der Waals surface area contributed by atoms with Gasteiger partial charge in [0.2, 0.25) is 0 Å². The molecule has 0 aliphatic rings. The summed E-state index contributed by atoms with van der Waals surface area (Å²) >= 11 is 0. The molecular weight excluding hydrogens is 260 g/mol. The molecule has 0 unspecified atom stereocenters. The number of ether oxygens (including phenoxy) is 1. The van der Waals surface area contributed by atoms with Crippen LogP contribution in [-0.2, 0) is 6.42 Å². The fourth-order valence-corrected chi connectivity index (χ4v) is 2.58.